The first-order valence-electron chi connectivity index (χ1n) is 4.97. The van der Waals surface area contributed by atoms with Crippen LogP contribution in [0.15, 0.2) is 24.3 Å². The lowest BCUT2D eigenvalue weighted by Gasteiger charge is -2.14. The van der Waals surface area contributed by atoms with Crippen molar-refractivity contribution in [2.24, 2.45) is 5.73 Å². The zero-order valence-electron chi connectivity index (χ0n) is 8.36. The molecule has 4 heteroatoms. The third kappa shape index (κ3) is 2.10. The molecule has 1 aliphatic carbocycles. The van der Waals surface area contributed by atoms with Gasteiger partial charge in [0.15, 0.2) is 0 Å². The molecule has 80 valence electrons. The highest BCUT2D eigenvalue weighted by Crippen LogP contribution is 2.34. The van der Waals surface area contributed by atoms with E-state index in [1.54, 1.807) is 12.1 Å². The Morgan fingerprint density at radius 3 is 2.47 bits per heavy atom. The van der Waals surface area contributed by atoms with Crippen LogP contribution >= 0.6 is 0 Å². The number of aromatic hydroxyl groups is 1. The summed E-state index contributed by atoms with van der Waals surface area (Å²) in [6.45, 7) is 0.483. The molecule has 0 heterocycles. The van der Waals surface area contributed by atoms with E-state index in [1.165, 1.54) is 12.1 Å². The molecule has 1 aromatic rings. The Labute approximate surface area is 88.1 Å². The number of phenols is 1. The molecular formula is C11H14N2O2. The van der Waals surface area contributed by atoms with Gasteiger partial charge >= 0.3 is 0 Å². The van der Waals surface area contributed by atoms with Crippen molar-refractivity contribution in [2.45, 2.75) is 18.4 Å². The Morgan fingerprint density at radius 1 is 1.40 bits per heavy atom. The predicted octanol–water partition coefficient (Wildman–Crippen LogP) is 0.613. The summed E-state index contributed by atoms with van der Waals surface area (Å²) in [6, 6.07) is 6.18. The fourth-order valence-electron chi connectivity index (χ4n) is 1.46. The van der Waals surface area contributed by atoms with E-state index in [0.717, 1.165) is 12.8 Å². The number of hydrogen-bond acceptors (Lipinski definition) is 3. The van der Waals surface area contributed by atoms with Gasteiger partial charge in [-0.25, -0.2) is 0 Å². The van der Waals surface area contributed by atoms with Crippen LogP contribution < -0.4 is 11.1 Å². The largest absolute Gasteiger partial charge is 0.508 e. The van der Waals surface area contributed by atoms with E-state index in [9.17, 15) is 4.79 Å². The van der Waals surface area contributed by atoms with Crippen molar-refractivity contribution in [1.29, 1.82) is 0 Å². The van der Waals surface area contributed by atoms with Gasteiger partial charge < -0.3 is 16.2 Å². The molecule has 0 aliphatic heterocycles. The lowest BCUT2D eigenvalue weighted by Crippen LogP contribution is -2.42. The number of nitrogens with one attached hydrogen (secondary N) is 1. The van der Waals surface area contributed by atoms with E-state index in [-0.39, 0.29) is 17.2 Å². The lowest BCUT2D eigenvalue weighted by atomic mass is 10.2. The van der Waals surface area contributed by atoms with Crippen LogP contribution in [0.2, 0.25) is 0 Å². The van der Waals surface area contributed by atoms with Gasteiger partial charge in [-0.05, 0) is 37.1 Å². The van der Waals surface area contributed by atoms with Gasteiger partial charge in [-0.15, -0.1) is 0 Å². The van der Waals surface area contributed by atoms with Gasteiger partial charge in [-0.3, -0.25) is 4.79 Å². The van der Waals surface area contributed by atoms with Crippen LogP contribution in [-0.4, -0.2) is 23.1 Å². The third-order valence-electron chi connectivity index (χ3n) is 2.75. The summed E-state index contributed by atoms with van der Waals surface area (Å²) in [5.74, 6) is 0.0319. The number of carbonyl (C=O) groups is 1. The highest BCUT2D eigenvalue weighted by Gasteiger charge is 2.42. The van der Waals surface area contributed by atoms with Gasteiger partial charge in [-0.1, -0.05) is 0 Å². The number of rotatable bonds is 3. The van der Waals surface area contributed by atoms with Crippen molar-refractivity contribution in [3.05, 3.63) is 29.8 Å². The minimum atomic E-state index is -0.172. The van der Waals surface area contributed by atoms with Crippen LogP contribution in [0.4, 0.5) is 0 Å². The Hall–Kier alpha value is -1.55. The van der Waals surface area contributed by atoms with Gasteiger partial charge in [0.05, 0.1) is 5.54 Å². The minimum Gasteiger partial charge on any atom is -0.508 e. The van der Waals surface area contributed by atoms with Crippen molar-refractivity contribution >= 4 is 5.91 Å². The SMILES string of the molecule is NCC1(NC(=O)c2ccc(O)cc2)CC1. The average molecular weight is 206 g/mol. The molecular weight excluding hydrogens is 192 g/mol. The van der Waals surface area contributed by atoms with Gasteiger partial charge in [0.2, 0.25) is 0 Å². The topological polar surface area (TPSA) is 75.3 Å². The van der Waals surface area contributed by atoms with E-state index < -0.39 is 0 Å². The number of amides is 1. The first-order chi connectivity index (χ1) is 7.15. The maximum absolute atomic E-state index is 11.7. The second-order valence-corrected chi connectivity index (χ2v) is 3.99. The van der Waals surface area contributed by atoms with Crippen LogP contribution in [0.5, 0.6) is 5.75 Å². The summed E-state index contributed by atoms with van der Waals surface area (Å²) in [5.41, 5.74) is 5.94. The summed E-state index contributed by atoms with van der Waals surface area (Å²) in [5, 5.41) is 12.0. The normalized spacial score (nSPS) is 17.1. The first-order valence-corrected chi connectivity index (χ1v) is 4.97. The summed E-state index contributed by atoms with van der Waals surface area (Å²) < 4.78 is 0. The van der Waals surface area contributed by atoms with E-state index >= 15 is 0 Å². The number of carbonyl (C=O) groups excluding carboxylic acids is 1. The van der Waals surface area contributed by atoms with Crippen molar-refractivity contribution in [1.82, 2.24) is 5.32 Å². The van der Waals surface area contributed by atoms with Crippen molar-refractivity contribution < 1.29 is 9.90 Å². The highest BCUT2D eigenvalue weighted by molar-refractivity contribution is 5.95. The molecule has 15 heavy (non-hydrogen) atoms. The molecule has 1 aromatic carbocycles. The molecule has 1 saturated carbocycles. The Balaban J connectivity index is 2.05. The molecule has 0 bridgehead atoms. The molecule has 0 aromatic heterocycles. The molecule has 4 nitrogen and oxygen atoms in total. The first kappa shape index (κ1) is 9.98. The molecule has 2 rings (SSSR count). The molecule has 4 N–H and O–H groups in total. The molecule has 1 aliphatic rings. The Bertz CT molecular complexity index is 369. The van der Waals surface area contributed by atoms with E-state index in [2.05, 4.69) is 5.32 Å². The Morgan fingerprint density at radius 2 is 2.00 bits per heavy atom. The third-order valence-corrected chi connectivity index (χ3v) is 2.75. The van der Waals surface area contributed by atoms with E-state index in [4.69, 9.17) is 10.8 Å². The van der Waals surface area contributed by atoms with Crippen molar-refractivity contribution in [3.63, 3.8) is 0 Å². The maximum Gasteiger partial charge on any atom is 0.251 e. The zero-order chi connectivity index (χ0) is 10.9. The molecule has 0 radical (unpaired) electrons. The van der Waals surface area contributed by atoms with Crippen molar-refractivity contribution in [3.8, 4) is 5.75 Å². The molecule has 0 spiro atoms. The number of phenolic OH excluding ortho intramolecular Hbond substituents is 1. The van der Waals surface area contributed by atoms with E-state index in [1.807, 2.05) is 0 Å². The number of nitrogens with two attached hydrogens (primary N) is 1. The Kier molecular flexibility index (Phi) is 2.36. The van der Waals surface area contributed by atoms with Gasteiger partial charge in [-0.2, -0.15) is 0 Å². The van der Waals surface area contributed by atoms with Crippen LogP contribution in [0.3, 0.4) is 0 Å². The summed E-state index contributed by atoms with van der Waals surface area (Å²) in [4.78, 5) is 11.7. The van der Waals surface area contributed by atoms with Crippen LogP contribution in [0, 0.1) is 0 Å². The van der Waals surface area contributed by atoms with Crippen LogP contribution in [0.25, 0.3) is 0 Å². The number of benzene rings is 1. The van der Waals surface area contributed by atoms with Crippen LogP contribution in [-0.2, 0) is 0 Å². The molecule has 0 saturated heterocycles. The second-order valence-electron chi connectivity index (χ2n) is 3.99. The van der Waals surface area contributed by atoms with Gasteiger partial charge in [0, 0.05) is 12.1 Å². The molecule has 0 unspecified atom stereocenters. The molecule has 0 atom stereocenters. The average Bonchev–Trinajstić information content (AvgIpc) is 2.99. The molecule has 1 amide bonds. The standard InChI is InChI=1S/C11H14N2O2/c12-7-11(5-6-11)13-10(15)8-1-3-9(14)4-2-8/h1-4,14H,5-7,12H2,(H,13,15). The predicted molar refractivity (Wildman–Crippen MR) is 56.6 cm³/mol. The molecule has 1 fully saturated rings. The van der Waals surface area contributed by atoms with Gasteiger partial charge in [0.1, 0.15) is 5.75 Å². The summed E-state index contributed by atoms with van der Waals surface area (Å²) in [6.07, 6.45) is 1.90. The number of hydrogen-bond donors (Lipinski definition) is 3. The minimum absolute atomic E-state index is 0.127. The summed E-state index contributed by atoms with van der Waals surface area (Å²) in [7, 11) is 0. The fourth-order valence-corrected chi connectivity index (χ4v) is 1.46. The van der Waals surface area contributed by atoms with Crippen LogP contribution in [0.1, 0.15) is 23.2 Å². The van der Waals surface area contributed by atoms with Crippen molar-refractivity contribution in [2.75, 3.05) is 6.54 Å². The second kappa shape index (κ2) is 3.55. The summed E-state index contributed by atoms with van der Waals surface area (Å²) >= 11 is 0. The maximum atomic E-state index is 11.7. The van der Waals surface area contributed by atoms with Gasteiger partial charge in [0.25, 0.3) is 5.91 Å². The quantitative estimate of drug-likeness (QED) is 0.678. The monoisotopic (exact) mass is 206 g/mol. The zero-order valence-corrected chi connectivity index (χ0v) is 8.36. The fraction of sp³-hybridized carbons (Fsp3) is 0.364. The lowest BCUT2D eigenvalue weighted by molar-refractivity contribution is 0.0933. The highest BCUT2D eigenvalue weighted by atomic mass is 16.3. The van der Waals surface area contributed by atoms with E-state index in [0.29, 0.717) is 12.1 Å². The smallest absolute Gasteiger partial charge is 0.251 e.